The van der Waals surface area contributed by atoms with Crippen LogP contribution in [0.5, 0.6) is 0 Å². The van der Waals surface area contributed by atoms with E-state index in [0.29, 0.717) is 0 Å². The van der Waals surface area contributed by atoms with Crippen molar-refractivity contribution in [3.05, 3.63) is 34.2 Å². The van der Waals surface area contributed by atoms with Crippen molar-refractivity contribution in [1.29, 1.82) is 0 Å². The Morgan fingerprint density at radius 1 is 1.07 bits per heavy atom. The van der Waals surface area contributed by atoms with Crippen LogP contribution in [0.2, 0.25) is 0 Å². The van der Waals surface area contributed by atoms with Gasteiger partial charge in [0, 0.05) is 12.3 Å². The lowest BCUT2D eigenvalue weighted by Gasteiger charge is -2.11. The van der Waals surface area contributed by atoms with Gasteiger partial charge in [-0.25, -0.2) is 4.57 Å². The first-order valence-electron chi connectivity index (χ1n) is 3.49. The minimum Gasteiger partial charge on any atom is -0.269 e. The molecule has 0 saturated heterocycles. The number of aromatic nitrogens is 1. The average Bonchev–Trinajstić information content (AvgIpc) is 1.99. The van der Waals surface area contributed by atoms with Crippen molar-refractivity contribution in [3.63, 3.8) is 0 Å². The van der Waals surface area contributed by atoms with Crippen molar-refractivity contribution in [2.45, 2.75) is 12.5 Å². The molecule has 0 atom stereocenters. The van der Waals surface area contributed by atoms with Crippen molar-refractivity contribution in [3.8, 4) is 0 Å². The minimum atomic E-state index is -5.01. The molecule has 0 fully saturated rings. The summed E-state index contributed by atoms with van der Waals surface area (Å²) in [6.07, 6.45) is -9.80. The molecule has 0 saturated carbocycles. The largest absolute Gasteiger partial charge is 0.491 e. The number of rotatable bonds is 0. The van der Waals surface area contributed by atoms with Gasteiger partial charge in [-0.2, -0.15) is 13.2 Å². The van der Waals surface area contributed by atoms with Crippen LogP contribution in [0.15, 0.2) is 23.1 Å². The Bertz CT molecular complexity index is 415. The third kappa shape index (κ3) is 2.51. The van der Waals surface area contributed by atoms with Gasteiger partial charge in [0.25, 0.3) is 5.56 Å². The lowest BCUT2D eigenvalue weighted by molar-refractivity contribution is -0.206. The fourth-order valence-corrected chi connectivity index (χ4v) is 0.865. The van der Waals surface area contributed by atoms with E-state index in [1.165, 1.54) is 0 Å². The summed E-state index contributed by atoms with van der Waals surface area (Å²) in [5, 5.41) is 0. The molecule has 0 amide bonds. The molecule has 0 spiro atoms. The van der Waals surface area contributed by atoms with Gasteiger partial charge in [-0.05, 0) is 6.07 Å². The Hall–Kier alpha value is -1.47. The zero-order chi connectivity index (χ0) is 11.9. The molecule has 15 heavy (non-hydrogen) atoms. The summed E-state index contributed by atoms with van der Waals surface area (Å²) in [7, 11) is 0. The highest BCUT2D eigenvalue weighted by Gasteiger charge is 2.35. The van der Waals surface area contributed by atoms with Gasteiger partial charge in [0.2, 0.25) is 0 Å². The molecule has 0 aliphatic rings. The second-order valence-corrected chi connectivity index (χ2v) is 2.59. The SMILES string of the molecule is O=c1cc(C(F)(F)F)ccn1C(F)(F)F. The van der Waals surface area contributed by atoms with Gasteiger partial charge in [0.15, 0.2) is 0 Å². The zero-order valence-electron chi connectivity index (χ0n) is 6.86. The van der Waals surface area contributed by atoms with Crippen molar-refractivity contribution in [2.75, 3.05) is 0 Å². The molecule has 1 heterocycles. The van der Waals surface area contributed by atoms with Gasteiger partial charge in [0.05, 0.1) is 5.56 Å². The van der Waals surface area contributed by atoms with Gasteiger partial charge in [0.1, 0.15) is 0 Å². The van der Waals surface area contributed by atoms with E-state index in [-0.39, 0.29) is 18.3 Å². The number of nitrogens with zero attached hydrogens (tertiary/aromatic N) is 1. The standard InChI is InChI=1S/C7H3F6NO/c8-6(9,10)4-1-2-14(5(15)3-4)7(11,12)13/h1-3H. The maximum Gasteiger partial charge on any atom is 0.491 e. The first-order valence-corrected chi connectivity index (χ1v) is 3.49. The fraction of sp³-hybridized carbons (Fsp3) is 0.286. The number of pyridine rings is 1. The summed E-state index contributed by atoms with van der Waals surface area (Å²) >= 11 is 0. The number of hydrogen-bond acceptors (Lipinski definition) is 1. The molecule has 1 rings (SSSR count). The van der Waals surface area contributed by atoms with E-state index in [4.69, 9.17) is 0 Å². The molecule has 0 bridgehead atoms. The van der Waals surface area contributed by atoms with Gasteiger partial charge < -0.3 is 0 Å². The second-order valence-electron chi connectivity index (χ2n) is 2.59. The number of alkyl halides is 6. The maximum atomic E-state index is 12.0. The van der Waals surface area contributed by atoms with Gasteiger partial charge in [-0.15, -0.1) is 13.2 Å². The Balaban J connectivity index is 3.28. The lowest BCUT2D eigenvalue weighted by atomic mass is 10.2. The zero-order valence-corrected chi connectivity index (χ0v) is 6.86. The van der Waals surface area contributed by atoms with Crippen molar-refractivity contribution in [2.24, 2.45) is 0 Å². The second kappa shape index (κ2) is 3.28. The van der Waals surface area contributed by atoms with E-state index in [0.717, 1.165) is 0 Å². The average molecular weight is 231 g/mol. The fourth-order valence-electron chi connectivity index (χ4n) is 0.865. The smallest absolute Gasteiger partial charge is 0.269 e. The molecule has 0 aromatic carbocycles. The van der Waals surface area contributed by atoms with Crippen molar-refractivity contribution in [1.82, 2.24) is 4.57 Å². The lowest BCUT2D eigenvalue weighted by Crippen LogP contribution is -2.30. The third-order valence-corrected chi connectivity index (χ3v) is 1.52. The summed E-state index contributed by atoms with van der Waals surface area (Å²) in [4.78, 5) is 10.7. The van der Waals surface area contributed by atoms with Gasteiger partial charge in [-0.3, -0.25) is 4.79 Å². The topological polar surface area (TPSA) is 22.0 Å². The van der Waals surface area contributed by atoms with E-state index < -0.39 is 28.2 Å². The minimum absolute atomic E-state index is 0.0468. The Morgan fingerprint density at radius 2 is 1.60 bits per heavy atom. The molecule has 2 nitrogen and oxygen atoms in total. The quantitative estimate of drug-likeness (QED) is 0.628. The molecule has 0 radical (unpaired) electrons. The van der Waals surface area contributed by atoms with Crippen LogP contribution in [-0.2, 0) is 12.5 Å². The molecule has 8 heteroatoms. The van der Waals surface area contributed by atoms with Crippen LogP contribution >= 0.6 is 0 Å². The molecule has 0 N–H and O–H groups in total. The van der Waals surface area contributed by atoms with E-state index in [1.54, 1.807) is 0 Å². The molecule has 0 unspecified atom stereocenters. The predicted molar refractivity (Wildman–Crippen MR) is 37.0 cm³/mol. The van der Waals surface area contributed by atoms with Crippen LogP contribution in [-0.4, -0.2) is 4.57 Å². The summed E-state index contributed by atoms with van der Waals surface area (Å²) in [5.74, 6) is 0. The van der Waals surface area contributed by atoms with Crippen molar-refractivity contribution < 1.29 is 26.3 Å². The summed E-state index contributed by atoms with van der Waals surface area (Å²) in [6.45, 7) is 0. The van der Waals surface area contributed by atoms with E-state index in [1.807, 2.05) is 0 Å². The highest BCUT2D eigenvalue weighted by Crippen LogP contribution is 2.28. The van der Waals surface area contributed by atoms with Crippen LogP contribution in [0.4, 0.5) is 26.3 Å². The monoisotopic (exact) mass is 231 g/mol. The van der Waals surface area contributed by atoms with E-state index in [2.05, 4.69) is 0 Å². The molecular weight excluding hydrogens is 228 g/mol. The molecule has 0 aliphatic heterocycles. The normalized spacial score (nSPS) is 12.9. The van der Waals surface area contributed by atoms with Gasteiger partial charge >= 0.3 is 12.5 Å². The van der Waals surface area contributed by atoms with Crippen molar-refractivity contribution >= 4 is 0 Å². The van der Waals surface area contributed by atoms with Crippen LogP contribution in [0, 0.1) is 0 Å². The van der Waals surface area contributed by atoms with E-state index in [9.17, 15) is 31.1 Å². The molecular formula is C7H3F6NO. The van der Waals surface area contributed by atoms with Gasteiger partial charge in [-0.1, -0.05) is 0 Å². The first kappa shape index (κ1) is 11.6. The van der Waals surface area contributed by atoms with Crippen LogP contribution in [0.25, 0.3) is 0 Å². The predicted octanol–water partition coefficient (Wildman–Crippen LogP) is 2.34. The van der Waals surface area contributed by atoms with Crippen LogP contribution in [0.3, 0.4) is 0 Å². The van der Waals surface area contributed by atoms with E-state index >= 15 is 0 Å². The molecule has 0 aliphatic carbocycles. The third-order valence-electron chi connectivity index (χ3n) is 1.52. The number of hydrogen-bond donors (Lipinski definition) is 0. The Morgan fingerprint density at radius 3 is 1.93 bits per heavy atom. The first-order chi connectivity index (χ1) is 6.62. The molecule has 84 valence electrons. The summed E-state index contributed by atoms with van der Waals surface area (Å²) in [6, 6.07) is 0.0857. The number of halogens is 6. The highest BCUT2D eigenvalue weighted by atomic mass is 19.4. The maximum absolute atomic E-state index is 12.0. The Kier molecular flexibility index (Phi) is 2.54. The highest BCUT2D eigenvalue weighted by molar-refractivity contribution is 5.14. The summed E-state index contributed by atoms with van der Waals surface area (Å²) < 4.78 is 71.0. The molecule has 1 aromatic heterocycles. The van der Waals surface area contributed by atoms with Crippen LogP contribution < -0.4 is 5.56 Å². The molecule has 1 aromatic rings. The Labute approximate surface area is 78.7 Å². The van der Waals surface area contributed by atoms with Crippen LogP contribution in [0.1, 0.15) is 5.56 Å². The summed E-state index contributed by atoms with van der Waals surface area (Å²) in [5.41, 5.74) is -3.18.